The largest absolute Gasteiger partial charge is 0.298 e. The van der Waals surface area contributed by atoms with Crippen LogP contribution in [-0.2, 0) is 73.4 Å². The molecule has 4 aromatic rings. The summed E-state index contributed by atoms with van der Waals surface area (Å²) in [6.07, 6.45) is 14.1. The first kappa shape index (κ1) is 62.3. The molecule has 14 heteroatoms. The first-order valence-electron chi connectivity index (χ1n) is 25.2. The van der Waals surface area contributed by atoms with Crippen LogP contribution in [0.4, 0.5) is 0 Å². The number of sulfonamides is 3. The molecule has 7 rings (SSSR count). The summed E-state index contributed by atoms with van der Waals surface area (Å²) in [5.74, 6) is 3.04. The standard InChI is InChI=1S/2C15H21NO2S.2C14H18O.CH5NO2S/c2*1-10(2)7-12-5-6-13-8-11(3)15(14(13)9-12)16-19(4,17)18;1-9(2)6-11-4-5-12-7-10(3)14(15)13(12)8-11;1-11(2)8-13-4-6-14(7-5-13)9-12(3)10-15;1-5(2,3)4/h5-6,9-10,16H,7-8H2,1-4H3;5-6,8-10,15-16H,7H2,1-4H3;4-5,8-10H,6-7H2,1-3H3;4-7,9-11H,8H2,1-3H3;1H3,(H2,2,3,4)/b;;;12-9+;. The average molecular weight is 1060 g/mol. The molecule has 4 N–H and O–H groups in total. The van der Waals surface area contributed by atoms with Gasteiger partial charge in [0.25, 0.3) is 0 Å². The van der Waals surface area contributed by atoms with E-state index in [9.17, 15) is 34.8 Å². The topological polar surface area (TPSA) is 187 Å². The molecule has 400 valence electrons. The van der Waals surface area contributed by atoms with Gasteiger partial charge in [0.15, 0.2) is 5.78 Å². The summed E-state index contributed by atoms with van der Waals surface area (Å²) in [7, 11) is -9.60. The third kappa shape index (κ3) is 22.6. The minimum Gasteiger partial charge on any atom is -0.298 e. The zero-order chi connectivity index (χ0) is 55.2. The van der Waals surface area contributed by atoms with Gasteiger partial charge in [-0.25, -0.2) is 35.1 Å². The predicted octanol–water partition coefficient (Wildman–Crippen LogP) is 11.3. The number of rotatable bonds is 14. The van der Waals surface area contributed by atoms with Gasteiger partial charge in [0.2, 0.25) is 30.1 Å². The second kappa shape index (κ2) is 27.5. The molecule has 11 nitrogen and oxygen atoms in total. The van der Waals surface area contributed by atoms with Crippen molar-refractivity contribution in [3.05, 3.63) is 157 Å². The molecule has 0 bridgehead atoms. The summed E-state index contributed by atoms with van der Waals surface area (Å²) in [6, 6.07) is 27.3. The van der Waals surface area contributed by atoms with Crippen molar-refractivity contribution in [2.24, 2.45) is 34.7 Å². The Labute approximate surface area is 439 Å². The fraction of sp³-hybridized carbons (Fsp3) is 0.458. The van der Waals surface area contributed by atoms with Crippen LogP contribution in [0.2, 0.25) is 0 Å². The Morgan fingerprint density at radius 1 is 0.658 bits per heavy atom. The van der Waals surface area contributed by atoms with Gasteiger partial charge in [0, 0.05) is 17.0 Å². The number of benzene rings is 4. The highest BCUT2D eigenvalue weighted by atomic mass is 32.2. The molecule has 0 amide bonds. The number of fused-ring (bicyclic) bond motifs is 3. The maximum absolute atomic E-state index is 11.8. The fourth-order valence-corrected chi connectivity index (χ4v) is 10.3. The Kier molecular flexibility index (Phi) is 23.5. The maximum Gasteiger partial charge on any atom is 0.229 e. The molecule has 0 fully saturated rings. The van der Waals surface area contributed by atoms with Crippen molar-refractivity contribution >= 4 is 60.0 Å². The van der Waals surface area contributed by atoms with Crippen LogP contribution >= 0.6 is 0 Å². The van der Waals surface area contributed by atoms with E-state index in [1.165, 1.54) is 45.9 Å². The van der Waals surface area contributed by atoms with Crippen LogP contribution in [0.15, 0.2) is 95.6 Å². The van der Waals surface area contributed by atoms with Crippen LogP contribution in [0.1, 0.15) is 155 Å². The number of allylic oxidation sites excluding steroid dienone is 2. The third-order valence-corrected chi connectivity index (χ3v) is 13.0. The number of nitrogens with two attached hydrogens (primary N) is 1. The van der Waals surface area contributed by atoms with Crippen LogP contribution in [0, 0.1) is 29.6 Å². The van der Waals surface area contributed by atoms with E-state index in [1.807, 2.05) is 33.8 Å². The molecule has 0 saturated carbocycles. The lowest BCUT2D eigenvalue weighted by atomic mass is 9.97. The number of primary sulfonamides is 1. The number of hydrogen-bond donors (Lipinski definition) is 3. The second-order valence-electron chi connectivity index (χ2n) is 21.8. The minimum atomic E-state index is -3.23. The summed E-state index contributed by atoms with van der Waals surface area (Å²) in [5.41, 5.74) is 16.6. The summed E-state index contributed by atoms with van der Waals surface area (Å²) in [4.78, 5) is 22.3. The molecule has 3 aliphatic carbocycles. The minimum absolute atomic E-state index is 0.189. The molecule has 0 aliphatic heterocycles. The first-order chi connectivity index (χ1) is 33.7. The normalized spacial score (nSPS) is 16.0. The summed E-state index contributed by atoms with van der Waals surface area (Å²) >= 11 is 0. The summed E-state index contributed by atoms with van der Waals surface area (Å²) < 4.78 is 70.0. The zero-order valence-electron chi connectivity index (χ0n) is 46.0. The predicted molar refractivity (Wildman–Crippen MR) is 305 cm³/mol. The van der Waals surface area contributed by atoms with Crippen LogP contribution in [0.5, 0.6) is 0 Å². The Hall–Kier alpha value is -4.99. The molecule has 0 aromatic heterocycles. The van der Waals surface area contributed by atoms with Crippen LogP contribution in [0.25, 0.3) is 17.8 Å². The van der Waals surface area contributed by atoms with Crippen molar-refractivity contribution in [3.63, 3.8) is 0 Å². The molecule has 0 saturated heterocycles. The van der Waals surface area contributed by atoms with Gasteiger partial charge in [-0.2, -0.15) is 0 Å². The van der Waals surface area contributed by atoms with Crippen molar-refractivity contribution < 1.29 is 34.8 Å². The van der Waals surface area contributed by atoms with Crippen molar-refractivity contribution in [1.29, 1.82) is 0 Å². The number of aldehydes is 1. The molecule has 73 heavy (non-hydrogen) atoms. The number of nitrogens with one attached hydrogen (secondary N) is 2. The van der Waals surface area contributed by atoms with E-state index in [1.54, 1.807) is 0 Å². The van der Waals surface area contributed by atoms with Crippen molar-refractivity contribution in [2.45, 2.75) is 128 Å². The number of ketones is 1. The second-order valence-corrected chi connectivity index (χ2v) is 27.0. The van der Waals surface area contributed by atoms with Crippen LogP contribution in [0.3, 0.4) is 0 Å². The summed E-state index contributed by atoms with van der Waals surface area (Å²) in [5, 5.41) is 4.33. The quantitative estimate of drug-likeness (QED) is 0.0822. The number of carbonyl (C=O) groups excluding carboxylic acids is 2. The van der Waals surface area contributed by atoms with Gasteiger partial charge in [-0.1, -0.05) is 141 Å². The van der Waals surface area contributed by atoms with Crippen molar-refractivity contribution in [3.8, 4) is 0 Å². The Bertz CT molecular complexity index is 2980. The van der Waals surface area contributed by atoms with Gasteiger partial charge in [0.1, 0.15) is 6.29 Å². The molecular weight excluding hydrogens is 975 g/mol. The number of hydrogen-bond acceptors (Lipinski definition) is 8. The average Bonchev–Trinajstić information content (AvgIpc) is 3.83. The number of Topliss-reactive ketones (excluding diaryl/α,β-unsaturated/α-hetero) is 1. The van der Waals surface area contributed by atoms with Gasteiger partial charge in [0.05, 0.1) is 30.5 Å². The van der Waals surface area contributed by atoms with E-state index < -0.39 is 30.1 Å². The molecule has 3 aliphatic rings. The van der Waals surface area contributed by atoms with Crippen LogP contribution < -0.4 is 14.6 Å². The lowest BCUT2D eigenvalue weighted by Crippen LogP contribution is -2.27. The van der Waals surface area contributed by atoms with E-state index in [4.69, 9.17) is 0 Å². The van der Waals surface area contributed by atoms with Crippen molar-refractivity contribution in [1.82, 2.24) is 9.44 Å². The van der Waals surface area contributed by atoms with Crippen LogP contribution in [-0.4, -0.2) is 56.1 Å². The molecule has 0 heterocycles. The van der Waals surface area contributed by atoms with Gasteiger partial charge in [-0.05, 0) is 162 Å². The van der Waals surface area contributed by atoms with E-state index in [0.717, 1.165) is 101 Å². The maximum atomic E-state index is 11.8. The van der Waals surface area contributed by atoms with E-state index in [0.29, 0.717) is 29.5 Å². The first-order valence-corrected chi connectivity index (χ1v) is 30.9. The highest BCUT2D eigenvalue weighted by Crippen LogP contribution is 2.36. The molecule has 2 unspecified atom stereocenters. The summed E-state index contributed by atoms with van der Waals surface area (Å²) in [6.45, 7) is 25.4. The zero-order valence-corrected chi connectivity index (χ0v) is 48.5. The highest BCUT2D eigenvalue weighted by Gasteiger charge is 2.28. The Morgan fingerprint density at radius 2 is 1.11 bits per heavy atom. The number of carbonyl (C=O) groups is 2. The highest BCUT2D eigenvalue weighted by molar-refractivity contribution is 7.89. The van der Waals surface area contributed by atoms with E-state index >= 15 is 0 Å². The van der Waals surface area contributed by atoms with Gasteiger partial charge in [-0.3, -0.25) is 14.3 Å². The smallest absolute Gasteiger partial charge is 0.229 e. The Morgan fingerprint density at radius 3 is 1.59 bits per heavy atom. The Balaban J connectivity index is 0.000000250. The van der Waals surface area contributed by atoms with Gasteiger partial charge in [-0.15, -0.1) is 0 Å². The molecule has 0 radical (unpaired) electrons. The fourth-order valence-electron chi connectivity index (χ4n) is 8.92. The molecule has 4 aromatic carbocycles. The molecule has 2 atom stereocenters. The lowest BCUT2D eigenvalue weighted by Gasteiger charge is -2.16. The molecular formula is C59H83N3O8S3. The van der Waals surface area contributed by atoms with E-state index in [-0.39, 0.29) is 12.0 Å². The molecule has 0 spiro atoms. The van der Waals surface area contributed by atoms with E-state index in [2.05, 4.69) is 155 Å². The van der Waals surface area contributed by atoms with Gasteiger partial charge < -0.3 is 0 Å². The SMILES string of the molecule is C/C(C=O)=C\c1ccc(CC(C)C)cc1.CC(C)Cc1ccc2c(c1)C(=O)C(C)C2.CC1=C(NS(C)(=O)=O)c2cc(CC(C)C)ccc2C1.CC1=Cc2ccc(CC(C)C)cc2C1NS(C)(=O)=O.CS(N)(=O)=O. The monoisotopic (exact) mass is 1060 g/mol. The lowest BCUT2D eigenvalue weighted by molar-refractivity contribution is -0.104. The van der Waals surface area contributed by atoms with Gasteiger partial charge >= 0.3 is 0 Å². The third-order valence-electron chi connectivity index (χ3n) is 11.8. The van der Waals surface area contributed by atoms with Crippen molar-refractivity contribution in [2.75, 3.05) is 18.8 Å².